The third kappa shape index (κ3) is 6.58. The van der Waals surface area contributed by atoms with Crippen LogP contribution in [-0.4, -0.2) is 44.9 Å². The molecule has 0 heterocycles. The number of carbonyl (C=O) groups excluding carboxylic acids is 1. The molecule has 0 aromatic heterocycles. The van der Waals surface area contributed by atoms with Gasteiger partial charge in [0.25, 0.3) is 0 Å². The molecule has 0 bridgehead atoms. The van der Waals surface area contributed by atoms with Crippen molar-refractivity contribution in [1.82, 2.24) is 0 Å². The van der Waals surface area contributed by atoms with Crippen LogP contribution >= 0.6 is 11.6 Å². The van der Waals surface area contributed by atoms with Gasteiger partial charge in [-0.2, -0.15) is 0 Å². The summed E-state index contributed by atoms with van der Waals surface area (Å²) in [5, 5.41) is 0. The van der Waals surface area contributed by atoms with Gasteiger partial charge in [-0.1, -0.05) is 5.92 Å². The Morgan fingerprint density at radius 2 is 1.65 bits per heavy atom. The summed E-state index contributed by atoms with van der Waals surface area (Å²) in [5.41, 5.74) is 1.19. The molecular weight excluding hydrogens is 280 g/mol. The monoisotopic (exact) mass is 296 g/mol. The zero-order valence-corrected chi connectivity index (χ0v) is 11.9. The second-order valence-corrected chi connectivity index (χ2v) is 4.15. The minimum absolute atomic E-state index is 0.200. The van der Waals surface area contributed by atoms with E-state index in [-0.39, 0.29) is 6.61 Å². The lowest BCUT2D eigenvalue weighted by Gasteiger charge is -2.06. The normalized spacial score (nSPS) is 10.0. The van der Waals surface area contributed by atoms with Gasteiger partial charge in [0.05, 0.1) is 32.0 Å². The molecule has 0 saturated carbocycles. The SMILES string of the molecule is C#Cc1ccc(C(=O)OCCOCCOCCCl)cc1. The van der Waals surface area contributed by atoms with E-state index < -0.39 is 5.97 Å². The quantitative estimate of drug-likeness (QED) is 0.303. The lowest BCUT2D eigenvalue weighted by molar-refractivity contribution is 0.0166. The standard InChI is InChI=1S/C15H17ClO4/c1-2-13-3-5-14(6-4-13)15(17)20-12-11-19-10-9-18-8-7-16/h1,3-6H,7-12H2. The maximum atomic E-state index is 11.6. The number of hydrogen-bond donors (Lipinski definition) is 0. The van der Waals surface area contributed by atoms with E-state index in [1.807, 2.05) is 0 Å². The number of alkyl halides is 1. The van der Waals surface area contributed by atoms with Crippen molar-refractivity contribution in [2.24, 2.45) is 0 Å². The number of halogens is 1. The molecule has 5 heteroatoms. The molecule has 0 saturated heterocycles. The first kappa shape index (κ1) is 16.5. The first-order valence-corrected chi connectivity index (χ1v) is 6.76. The second kappa shape index (κ2) is 10.3. The fourth-order valence-corrected chi connectivity index (χ4v) is 1.46. The molecule has 108 valence electrons. The maximum Gasteiger partial charge on any atom is 0.338 e. The van der Waals surface area contributed by atoms with Crippen molar-refractivity contribution >= 4 is 17.6 Å². The Balaban J connectivity index is 2.12. The van der Waals surface area contributed by atoms with Gasteiger partial charge in [0, 0.05) is 11.4 Å². The van der Waals surface area contributed by atoms with Gasteiger partial charge in [-0.05, 0) is 24.3 Å². The van der Waals surface area contributed by atoms with Crippen molar-refractivity contribution in [3.05, 3.63) is 35.4 Å². The van der Waals surface area contributed by atoms with E-state index in [2.05, 4.69) is 5.92 Å². The Labute approximate surface area is 124 Å². The summed E-state index contributed by atoms with van der Waals surface area (Å²) in [6.45, 7) is 1.97. The highest BCUT2D eigenvalue weighted by molar-refractivity contribution is 6.17. The van der Waals surface area contributed by atoms with Gasteiger partial charge in [-0.15, -0.1) is 18.0 Å². The Bertz CT molecular complexity index is 436. The van der Waals surface area contributed by atoms with Crippen LogP contribution in [0.3, 0.4) is 0 Å². The largest absolute Gasteiger partial charge is 0.460 e. The Morgan fingerprint density at radius 3 is 2.25 bits per heavy atom. The van der Waals surface area contributed by atoms with Crippen LogP contribution in [0, 0.1) is 12.3 Å². The van der Waals surface area contributed by atoms with E-state index in [1.165, 1.54) is 0 Å². The predicted octanol–water partition coefficient (Wildman–Crippen LogP) is 2.10. The molecule has 0 aliphatic rings. The van der Waals surface area contributed by atoms with Crippen molar-refractivity contribution in [3.8, 4) is 12.3 Å². The predicted molar refractivity (Wildman–Crippen MR) is 77.0 cm³/mol. The van der Waals surface area contributed by atoms with Crippen LogP contribution in [0.2, 0.25) is 0 Å². The summed E-state index contributed by atoms with van der Waals surface area (Å²) >= 11 is 5.44. The fourth-order valence-electron chi connectivity index (χ4n) is 1.36. The number of ether oxygens (including phenoxy) is 3. The Kier molecular flexibility index (Phi) is 8.48. The van der Waals surface area contributed by atoms with Gasteiger partial charge < -0.3 is 14.2 Å². The van der Waals surface area contributed by atoms with Gasteiger partial charge in [-0.25, -0.2) is 4.79 Å². The Hall–Kier alpha value is -1.54. The number of carbonyl (C=O) groups is 1. The van der Waals surface area contributed by atoms with Crippen LogP contribution in [0.1, 0.15) is 15.9 Å². The zero-order chi connectivity index (χ0) is 14.6. The van der Waals surface area contributed by atoms with E-state index in [0.717, 1.165) is 5.56 Å². The highest BCUT2D eigenvalue weighted by Gasteiger charge is 2.06. The summed E-state index contributed by atoms with van der Waals surface area (Å²) in [7, 11) is 0. The lowest BCUT2D eigenvalue weighted by Crippen LogP contribution is -2.13. The molecule has 1 aromatic rings. The summed E-state index contributed by atoms with van der Waals surface area (Å²) in [5.74, 6) is 2.56. The second-order valence-electron chi connectivity index (χ2n) is 3.77. The minimum Gasteiger partial charge on any atom is -0.460 e. The van der Waals surface area contributed by atoms with Crippen molar-refractivity contribution in [3.63, 3.8) is 0 Å². The number of rotatable bonds is 9. The molecule has 0 unspecified atom stereocenters. The molecule has 1 rings (SSSR count). The molecule has 0 atom stereocenters. The third-order valence-corrected chi connectivity index (χ3v) is 2.50. The number of benzene rings is 1. The fraction of sp³-hybridized carbons (Fsp3) is 0.400. The van der Waals surface area contributed by atoms with Gasteiger partial charge in [0.15, 0.2) is 0 Å². The molecule has 0 amide bonds. The van der Waals surface area contributed by atoms with Crippen LogP contribution in [0.25, 0.3) is 0 Å². The van der Waals surface area contributed by atoms with Crippen molar-refractivity contribution in [2.45, 2.75) is 0 Å². The molecule has 4 nitrogen and oxygen atoms in total. The third-order valence-electron chi connectivity index (χ3n) is 2.34. The van der Waals surface area contributed by atoms with Crippen molar-refractivity contribution in [1.29, 1.82) is 0 Å². The summed E-state index contributed by atoms with van der Waals surface area (Å²) in [6, 6.07) is 6.67. The molecular formula is C15H17ClO4. The van der Waals surface area contributed by atoms with Crippen LogP contribution < -0.4 is 0 Å². The molecule has 0 N–H and O–H groups in total. The van der Waals surface area contributed by atoms with E-state index in [1.54, 1.807) is 24.3 Å². The highest BCUT2D eigenvalue weighted by atomic mass is 35.5. The molecule has 0 aliphatic carbocycles. The molecule has 20 heavy (non-hydrogen) atoms. The molecule has 0 spiro atoms. The Morgan fingerprint density at radius 1 is 1.05 bits per heavy atom. The maximum absolute atomic E-state index is 11.6. The van der Waals surface area contributed by atoms with Crippen LogP contribution in [0.5, 0.6) is 0 Å². The highest BCUT2D eigenvalue weighted by Crippen LogP contribution is 2.04. The van der Waals surface area contributed by atoms with Crippen LogP contribution in [0.15, 0.2) is 24.3 Å². The van der Waals surface area contributed by atoms with Crippen molar-refractivity contribution < 1.29 is 19.0 Å². The summed E-state index contributed by atoms with van der Waals surface area (Å²) < 4.78 is 15.4. The first-order valence-electron chi connectivity index (χ1n) is 6.23. The van der Waals surface area contributed by atoms with E-state index >= 15 is 0 Å². The molecule has 0 radical (unpaired) electrons. The molecule has 0 fully saturated rings. The first-order chi connectivity index (χ1) is 9.77. The van der Waals surface area contributed by atoms with Gasteiger partial charge in [0.2, 0.25) is 0 Å². The summed E-state index contributed by atoms with van der Waals surface area (Å²) in [6.07, 6.45) is 5.23. The molecule has 0 aliphatic heterocycles. The lowest BCUT2D eigenvalue weighted by atomic mass is 10.1. The van der Waals surface area contributed by atoms with E-state index in [9.17, 15) is 4.79 Å². The number of hydrogen-bond acceptors (Lipinski definition) is 4. The summed E-state index contributed by atoms with van der Waals surface area (Å²) in [4.78, 5) is 11.6. The van der Waals surface area contributed by atoms with E-state index in [4.69, 9.17) is 32.2 Å². The van der Waals surface area contributed by atoms with Gasteiger partial charge in [0.1, 0.15) is 6.61 Å². The van der Waals surface area contributed by atoms with Gasteiger partial charge >= 0.3 is 5.97 Å². The van der Waals surface area contributed by atoms with Crippen LogP contribution in [-0.2, 0) is 14.2 Å². The van der Waals surface area contributed by atoms with Crippen LogP contribution in [0.4, 0.5) is 0 Å². The van der Waals surface area contributed by atoms with Crippen molar-refractivity contribution in [2.75, 3.05) is 38.9 Å². The smallest absolute Gasteiger partial charge is 0.338 e. The number of terminal acetylenes is 1. The average Bonchev–Trinajstić information content (AvgIpc) is 2.50. The van der Waals surface area contributed by atoms with Gasteiger partial charge in [-0.3, -0.25) is 0 Å². The number of esters is 1. The van der Waals surface area contributed by atoms with E-state index in [0.29, 0.717) is 37.9 Å². The zero-order valence-electron chi connectivity index (χ0n) is 11.1. The minimum atomic E-state index is -0.393. The average molecular weight is 297 g/mol. The molecule has 1 aromatic carbocycles. The topological polar surface area (TPSA) is 44.8 Å².